The van der Waals surface area contributed by atoms with Crippen LogP contribution in [0.4, 0.5) is 0 Å². The van der Waals surface area contributed by atoms with E-state index < -0.39 is 12.0 Å². The van der Waals surface area contributed by atoms with Crippen LogP contribution in [0.3, 0.4) is 0 Å². The van der Waals surface area contributed by atoms with Crippen molar-refractivity contribution in [3.63, 3.8) is 0 Å². The maximum Gasteiger partial charge on any atom is 0.320 e. The van der Waals surface area contributed by atoms with E-state index in [1.807, 2.05) is 61.5 Å². The lowest BCUT2D eigenvalue weighted by Crippen LogP contribution is -2.35. The molecule has 1 unspecified atom stereocenters. The summed E-state index contributed by atoms with van der Waals surface area (Å²) in [6, 6.07) is 16.7. The Morgan fingerprint density at radius 3 is 2.58 bits per heavy atom. The van der Waals surface area contributed by atoms with E-state index in [1.54, 1.807) is 0 Å². The minimum absolute atomic E-state index is 0.280. The molecule has 0 amide bonds. The molecular formula is C20H21NO3. The van der Waals surface area contributed by atoms with Crippen LogP contribution in [-0.2, 0) is 11.3 Å². The lowest BCUT2D eigenvalue weighted by atomic mass is 10.1. The number of carboxylic acids is 1. The van der Waals surface area contributed by atoms with Crippen molar-refractivity contribution in [2.75, 3.05) is 6.61 Å². The van der Waals surface area contributed by atoms with Crippen LogP contribution in [-0.4, -0.2) is 23.7 Å². The number of hydrogen-bond donors (Lipinski definition) is 2. The molecule has 0 saturated carbocycles. The number of carbonyl (C=O) groups is 1. The highest BCUT2D eigenvalue weighted by molar-refractivity contribution is 5.73. The Hall–Kier alpha value is -2.77. The maximum atomic E-state index is 11.1. The fourth-order valence-electron chi connectivity index (χ4n) is 2.20. The predicted octanol–water partition coefficient (Wildman–Crippen LogP) is 3.07. The molecule has 4 nitrogen and oxygen atoms in total. The molecule has 0 aliphatic rings. The highest BCUT2D eigenvalue weighted by atomic mass is 16.5. The summed E-state index contributed by atoms with van der Waals surface area (Å²) < 4.78 is 5.72. The predicted molar refractivity (Wildman–Crippen MR) is 93.8 cm³/mol. The smallest absolute Gasteiger partial charge is 0.320 e. The average molecular weight is 323 g/mol. The molecule has 0 aromatic heterocycles. The van der Waals surface area contributed by atoms with Crippen molar-refractivity contribution >= 4 is 5.97 Å². The number of nitrogens with one attached hydrogen (secondary N) is 1. The van der Waals surface area contributed by atoms with E-state index in [1.165, 1.54) is 0 Å². The fourth-order valence-corrected chi connectivity index (χ4v) is 2.20. The topological polar surface area (TPSA) is 58.6 Å². The molecule has 0 heterocycles. The lowest BCUT2D eigenvalue weighted by molar-refractivity contribution is -0.139. The van der Waals surface area contributed by atoms with E-state index in [2.05, 4.69) is 17.2 Å². The Bertz CT molecular complexity index is 716. The van der Waals surface area contributed by atoms with Crippen LogP contribution < -0.4 is 10.1 Å². The highest BCUT2D eigenvalue weighted by Crippen LogP contribution is 2.17. The molecule has 0 aliphatic carbocycles. The van der Waals surface area contributed by atoms with Crippen LogP contribution in [0.15, 0.2) is 54.6 Å². The number of carboxylic acid groups (broad SMARTS) is 1. The molecule has 124 valence electrons. The summed E-state index contributed by atoms with van der Waals surface area (Å²) in [5, 5.41) is 12.1. The van der Waals surface area contributed by atoms with Crippen LogP contribution in [0.1, 0.15) is 24.5 Å². The van der Waals surface area contributed by atoms with Gasteiger partial charge in [0.05, 0.1) is 0 Å². The van der Waals surface area contributed by atoms with Crippen molar-refractivity contribution in [2.45, 2.75) is 25.9 Å². The summed E-state index contributed by atoms with van der Waals surface area (Å²) in [6.45, 7) is 2.56. The fraction of sp³-hybridized carbons (Fsp3) is 0.250. The van der Waals surface area contributed by atoms with E-state index >= 15 is 0 Å². The van der Waals surface area contributed by atoms with Gasteiger partial charge in [-0.3, -0.25) is 4.79 Å². The SMILES string of the molecule is CCC(NCc1ccccc1OCC#Cc1ccccc1)C(=O)O. The Kier molecular flexibility index (Phi) is 6.88. The van der Waals surface area contributed by atoms with Crippen molar-refractivity contribution in [2.24, 2.45) is 0 Å². The number of ether oxygens (including phenoxy) is 1. The van der Waals surface area contributed by atoms with Crippen LogP contribution in [0.2, 0.25) is 0 Å². The van der Waals surface area contributed by atoms with E-state index in [-0.39, 0.29) is 6.61 Å². The Balaban J connectivity index is 1.94. The summed E-state index contributed by atoms with van der Waals surface area (Å²) in [7, 11) is 0. The number of para-hydroxylation sites is 1. The van der Waals surface area contributed by atoms with E-state index in [4.69, 9.17) is 9.84 Å². The number of benzene rings is 2. The van der Waals surface area contributed by atoms with Crippen molar-refractivity contribution in [3.8, 4) is 17.6 Å². The first kappa shape index (κ1) is 17.6. The van der Waals surface area contributed by atoms with Gasteiger partial charge in [0.25, 0.3) is 0 Å². The Labute approximate surface area is 142 Å². The zero-order valence-electron chi connectivity index (χ0n) is 13.7. The Morgan fingerprint density at radius 2 is 1.88 bits per heavy atom. The molecule has 0 spiro atoms. The van der Waals surface area contributed by atoms with Crippen LogP contribution in [0, 0.1) is 11.8 Å². The van der Waals surface area contributed by atoms with Crippen LogP contribution in [0.25, 0.3) is 0 Å². The van der Waals surface area contributed by atoms with Gasteiger partial charge in [-0.1, -0.05) is 55.2 Å². The van der Waals surface area contributed by atoms with Crippen molar-refractivity contribution in [3.05, 3.63) is 65.7 Å². The van der Waals surface area contributed by atoms with Crippen molar-refractivity contribution in [1.82, 2.24) is 5.32 Å². The van der Waals surface area contributed by atoms with Gasteiger partial charge in [0, 0.05) is 17.7 Å². The molecule has 1 atom stereocenters. The summed E-state index contributed by atoms with van der Waals surface area (Å²) in [4.78, 5) is 11.1. The summed E-state index contributed by atoms with van der Waals surface area (Å²) in [5.74, 6) is 5.90. The van der Waals surface area contributed by atoms with Crippen LogP contribution in [0.5, 0.6) is 5.75 Å². The molecule has 0 saturated heterocycles. The zero-order chi connectivity index (χ0) is 17.2. The highest BCUT2D eigenvalue weighted by Gasteiger charge is 2.14. The third-order valence-corrected chi connectivity index (χ3v) is 3.52. The summed E-state index contributed by atoms with van der Waals surface area (Å²) >= 11 is 0. The van der Waals surface area contributed by atoms with Gasteiger partial charge in [0.2, 0.25) is 0 Å². The minimum Gasteiger partial charge on any atom is -0.481 e. The van der Waals surface area contributed by atoms with E-state index in [0.717, 1.165) is 11.1 Å². The van der Waals surface area contributed by atoms with Crippen molar-refractivity contribution in [1.29, 1.82) is 0 Å². The maximum absolute atomic E-state index is 11.1. The van der Waals surface area contributed by atoms with Gasteiger partial charge < -0.3 is 15.2 Å². The van der Waals surface area contributed by atoms with Gasteiger partial charge in [-0.25, -0.2) is 0 Å². The first-order valence-electron chi connectivity index (χ1n) is 7.91. The third-order valence-electron chi connectivity index (χ3n) is 3.52. The molecule has 0 aliphatic heterocycles. The molecule has 2 N–H and O–H groups in total. The second kappa shape index (κ2) is 9.39. The molecule has 0 bridgehead atoms. The lowest BCUT2D eigenvalue weighted by Gasteiger charge is -2.14. The molecular weight excluding hydrogens is 302 g/mol. The first-order valence-corrected chi connectivity index (χ1v) is 7.91. The van der Waals surface area contributed by atoms with Gasteiger partial charge >= 0.3 is 5.97 Å². The number of aliphatic carboxylic acids is 1. The molecule has 0 fully saturated rings. The molecule has 2 aromatic carbocycles. The zero-order valence-corrected chi connectivity index (χ0v) is 13.7. The summed E-state index contributed by atoms with van der Waals surface area (Å²) in [6.07, 6.45) is 0.529. The molecule has 2 aromatic rings. The normalized spacial score (nSPS) is 11.2. The number of hydrogen-bond acceptors (Lipinski definition) is 3. The second-order valence-electron chi connectivity index (χ2n) is 5.24. The van der Waals surface area contributed by atoms with Crippen molar-refractivity contribution < 1.29 is 14.6 Å². The quantitative estimate of drug-likeness (QED) is 0.769. The third kappa shape index (κ3) is 5.45. The Morgan fingerprint density at radius 1 is 1.17 bits per heavy atom. The van der Waals surface area contributed by atoms with Crippen LogP contribution >= 0.6 is 0 Å². The minimum atomic E-state index is -0.843. The molecule has 0 radical (unpaired) electrons. The largest absolute Gasteiger partial charge is 0.481 e. The standard InChI is InChI=1S/C20H21NO3/c1-2-18(20(22)23)21-15-17-12-6-7-13-19(17)24-14-8-11-16-9-4-3-5-10-16/h3-7,9-10,12-13,18,21H,2,14-15H2,1H3,(H,22,23). The van der Waals surface area contributed by atoms with Gasteiger partial charge in [0.15, 0.2) is 0 Å². The molecule has 24 heavy (non-hydrogen) atoms. The number of rotatable bonds is 7. The monoisotopic (exact) mass is 323 g/mol. The van der Waals surface area contributed by atoms with Gasteiger partial charge in [-0.15, -0.1) is 0 Å². The molecule has 4 heteroatoms. The second-order valence-corrected chi connectivity index (χ2v) is 5.24. The van der Waals surface area contributed by atoms with Gasteiger partial charge in [-0.2, -0.15) is 0 Å². The van der Waals surface area contributed by atoms with Gasteiger partial charge in [-0.05, 0) is 24.6 Å². The average Bonchev–Trinajstić information content (AvgIpc) is 2.61. The van der Waals surface area contributed by atoms with E-state index in [9.17, 15) is 4.79 Å². The van der Waals surface area contributed by atoms with E-state index in [0.29, 0.717) is 18.7 Å². The first-order chi connectivity index (χ1) is 11.7. The summed E-state index contributed by atoms with van der Waals surface area (Å²) in [5.41, 5.74) is 1.86. The molecule has 2 rings (SSSR count). The van der Waals surface area contributed by atoms with Gasteiger partial charge in [0.1, 0.15) is 18.4 Å².